The van der Waals surface area contributed by atoms with Crippen molar-refractivity contribution in [3.05, 3.63) is 41.6 Å². The molecule has 0 bridgehead atoms. The molecule has 4 heteroatoms. The van der Waals surface area contributed by atoms with Crippen molar-refractivity contribution in [3.63, 3.8) is 0 Å². The fourth-order valence-corrected chi connectivity index (χ4v) is 2.69. The van der Waals surface area contributed by atoms with E-state index in [1.807, 2.05) is 24.3 Å². The van der Waals surface area contributed by atoms with Gasteiger partial charge in [-0.25, -0.2) is 0 Å². The molecule has 22 heavy (non-hydrogen) atoms. The third-order valence-corrected chi connectivity index (χ3v) is 3.95. The number of likely N-dealkylation sites (tertiary alicyclic amines) is 1. The van der Waals surface area contributed by atoms with Crippen molar-refractivity contribution >= 4 is 11.6 Å². The monoisotopic (exact) mass is 297 g/mol. The zero-order valence-electron chi connectivity index (χ0n) is 13.3. The van der Waals surface area contributed by atoms with E-state index in [9.17, 15) is 10.1 Å². The number of carbonyl (C=O) groups is 1. The number of nitrogens with zero attached hydrogens (tertiary/aromatic N) is 2. The largest absolute Gasteiger partial charge is 0.360 e. The lowest BCUT2D eigenvalue weighted by Crippen LogP contribution is -2.36. The number of carbonyl (C=O) groups excluding carboxylic acids is 1. The van der Waals surface area contributed by atoms with E-state index in [1.54, 1.807) is 4.90 Å². The van der Waals surface area contributed by atoms with Crippen LogP contribution in [-0.4, -0.2) is 23.9 Å². The molecule has 0 aliphatic carbocycles. The minimum atomic E-state index is -0.170. The molecule has 1 aliphatic rings. The van der Waals surface area contributed by atoms with Gasteiger partial charge in [0.05, 0.1) is 0 Å². The van der Waals surface area contributed by atoms with Crippen LogP contribution in [0.15, 0.2) is 36.0 Å². The van der Waals surface area contributed by atoms with Crippen molar-refractivity contribution in [1.82, 2.24) is 4.90 Å². The fraction of sp³-hybridized carbons (Fsp3) is 0.444. The summed E-state index contributed by atoms with van der Waals surface area (Å²) in [5.41, 5.74) is 2.28. The molecule has 2 rings (SSSR count). The van der Waals surface area contributed by atoms with Crippen molar-refractivity contribution < 1.29 is 4.79 Å². The molecule has 1 fully saturated rings. The lowest BCUT2D eigenvalue weighted by Gasteiger charge is -2.26. The summed E-state index contributed by atoms with van der Waals surface area (Å²) in [4.78, 5) is 14.1. The predicted octanol–water partition coefficient (Wildman–Crippen LogP) is 3.64. The molecule has 116 valence electrons. The minimum Gasteiger partial charge on any atom is -0.360 e. The smallest absolute Gasteiger partial charge is 0.266 e. The average Bonchev–Trinajstić information content (AvgIpc) is 2.56. The first kappa shape index (κ1) is 16.1. The molecule has 1 heterocycles. The van der Waals surface area contributed by atoms with Crippen molar-refractivity contribution in [3.8, 4) is 6.07 Å². The Labute approximate surface area is 132 Å². The Balaban J connectivity index is 2.13. The normalized spacial score (nSPS) is 15.5. The summed E-state index contributed by atoms with van der Waals surface area (Å²) in [7, 11) is 0. The number of anilines is 1. The molecule has 0 radical (unpaired) electrons. The lowest BCUT2D eigenvalue weighted by molar-refractivity contribution is -0.127. The fourth-order valence-electron chi connectivity index (χ4n) is 2.69. The third kappa shape index (κ3) is 3.88. The molecule has 1 aromatic carbocycles. The van der Waals surface area contributed by atoms with Gasteiger partial charge in [0, 0.05) is 25.0 Å². The SMILES string of the molecule is CC(C)c1ccccc1N/C=C(/C#N)C(=O)N1CCCCC1. The molecule has 0 unspecified atom stereocenters. The van der Waals surface area contributed by atoms with Crippen molar-refractivity contribution in [1.29, 1.82) is 5.26 Å². The second-order valence-electron chi connectivity index (χ2n) is 5.91. The van der Waals surface area contributed by atoms with Gasteiger partial charge in [-0.2, -0.15) is 5.26 Å². The van der Waals surface area contributed by atoms with E-state index < -0.39 is 0 Å². The topological polar surface area (TPSA) is 56.1 Å². The van der Waals surface area contributed by atoms with Crippen LogP contribution < -0.4 is 5.32 Å². The maximum atomic E-state index is 12.4. The van der Waals surface area contributed by atoms with Crippen molar-refractivity contribution in [2.24, 2.45) is 0 Å². The Morgan fingerprint density at radius 1 is 1.27 bits per heavy atom. The summed E-state index contributed by atoms with van der Waals surface area (Å²) >= 11 is 0. The van der Waals surface area contributed by atoms with Crippen molar-refractivity contribution in [2.45, 2.75) is 39.0 Å². The van der Waals surface area contributed by atoms with E-state index in [0.29, 0.717) is 5.92 Å². The summed E-state index contributed by atoms with van der Waals surface area (Å²) in [6.07, 6.45) is 4.75. The Kier molecular flexibility index (Phi) is 5.60. The molecule has 0 spiro atoms. The number of nitrogens with one attached hydrogen (secondary N) is 1. The van der Waals surface area contributed by atoms with Gasteiger partial charge in [-0.3, -0.25) is 4.79 Å². The molecule has 0 aromatic heterocycles. The first-order valence-electron chi connectivity index (χ1n) is 7.88. The predicted molar refractivity (Wildman–Crippen MR) is 88.3 cm³/mol. The molecule has 1 aromatic rings. The standard InChI is InChI=1S/C18H23N3O/c1-14(2)16-8-4-5-9-17(16)20-13-15(12-19)18(22)21-10-6-3-7-11-21/h4-5,8-9,13-14,20H,3,6-7,10-11H2,1-2H3/b15-13-. The third-order valence-electron chi connectivity index (χ3n) is 3.95. The number of amides is 1. The molecule has 1 N–H and O–H groups in total. The van der Waals surface area contributed by atoms with Gasteiger partial charge in [-0.1, -0.05) is 32.0 Å². The van der Waals surface area contributed by atoms with Crippen LogP contribution in [0.2, 0.25) is 0 Å². The number of piperidine rings is 1. The van der Waals surface area contributed by atoms with Gasteiger partial charge < -0.3 is 10.2 Å². The second-order valence-corrected chi connectivity index (χ2v) is 5.91. The highest BCUT2D eigenvalue weighted by Gasteiger charge is 2.20. The van der Waals surface area contributed by atoms with Crippen LogP contribution in [0.4, 0.5) is 5.69 Å². The Morgan fingerprint density at radius 2 is 1.95 bits per heavy atom. The number of hydrogen-bond donors (Lipinski definition) is 1. The van der Waals surface area contributed by atoms with Crippen LogP contribution in [0, 0.1) is 11.3 Å². The number of para-hydroxylation sites is 1. The summed E-state index contributed by atoms with van der Waals surface area (Å²) in [5, 5.41) is 12.4. The summed E-state index contributed by atoms with van der Waals surface area (Å²) < 4.78 is 0. The number of rotatable bonds is 4. The van der Waals surface area contributed by atoms with E-state index in [1.165, 1.54) is 11.8 Å². The lowest BCUT2D eigenvalue weighted by atomic mass is 10.0. The molecule has 0 atom stereocenters. The molecule has 1 amide bonds. The van der Waals surface area contributed by atoms with Gasteiger partial charge in [0.2, 0.25) is 0 Å². The highest BCUT2D eigenvalue weighted by molar-refractivity contribution is 5.97. The molecule has 4 nitrogen and oxygen atoms in total. The molecular weight excluding hydrogens is 274 g/mol. The highest BCUT2D eigenvalue weighted by Crippen LogP contribution is 2.24. The highest BCUT2D eigenvalue weighted by atomic mass is 16.2. The van der Waals surface area contributed by atoms with Crippen molar-refractivity contribution in [2.75, 3.05) is 18.4 Å². The van der Waals surface area contributed by atoms with E-state index in [4.69, 9.17) is 0 Å². The van der Waals surface area contributed by atoms with Gasteiger partial charge in [-0.15, -0.1) is 0 Å². The Bertz CT molecular complexity index is 593. The van der Waals surface area contributed by atoms with Gasteiger partial charge in [0.25, 0.3) is 5.91 Å². The van der Waals surface area contributed by atoms with Gasteiger partial charge in [-0.05, 0) is 36.8 Å². The van der Waals surface area contributed by atoms with Gasteiger partial charge in [0.1, 0.15) is 11.6 Å². The zero-order valence-corrected chi connectivity index (χ0v) is 13.3. The minimum absolute atomic E-state index is 0.167. The van der Waals surface area contributed by atoms with Gasteiger partial charge in [0.15, 0.2) is 0 Å². The number of benzene rings is 1. The molecular formula is C18H23N3O. The molecule has 1 aliphatic heterocycles. The quantitative estimate of drug-likeness (QED) is 0.682. The summed E-state index contributed by atoms with van der Waals surface area (Å²) in [5.74, 6) is 0.206. The van der Waals surface area contributed by atoms with Crippen LogP contribution >= 0.6 is 0 Å². The van der Waals surface area contributed by atoms with Gasteiger partial charge >= 0.3 is 0 Å². The van der Waals surface area contributed by atoms with Crippen LogP contribution in [0.5, 0.6) is 0 Å². The average molecular weight is 297 g/mol. The maximum absolute atomic E-state index is 12.4. The molecule has 1 saturated heterocycles. The van der Waals surface area contributed by atoms with E-state index in [0.717, 1.165) is 38.0 Å². The number of hydrogen-bond acceptors (Lipinski definition) is 3. The molecule has 0 saturated carbocycles. The van der Waals surface area contributed by atoms with Crippen LogP contribution in [-0.2, 0) is 4.79 Å². The number of nitriles is 1. The Hall–Kier alpha value is -2.28. The summed E-state index contributed by atoms with van der Waals surface area (Å²) in [6, 6.07) is 9.98. The van der Waals surface area contributed by atoms with E-state index in [-0.39, 0.29) is 11.5 Å². The van der Waals surface area contributed by atoms with Crippen LogP contribution in [0.25, 0.3) is 0 Å². The van der Waals surface area contributed by atoms with Crippen LogP contribution in [0.3, 0.4) is 0 Å². The van der Waals surface area contributed by atoms with E-state index in [2.05, 4.69) is 25.2 Å². The second kappa shape index (κ2) is 7.65. The first-order valence-corrected chi connectivity index (χ1v) is 7.88. The van der Waals surface area contributed by atoms with Crippen LogP contribution in [0.1, 0.15) is 44.6 Å². The van der Waals surface area contributed by atoms with E-state index >= 15 is 0 Å². The zero-order chi connectivity index (χ0) is 15.9. The Morgan fingerprint density at radius 3 is 2.59 bits per heavy atom. The first-order chi connectivity index (χ1) is 10.6. The maximum Gasteiger partial charge on any atom is 0.266 e. The summed E-state index contributed by atoms with van der Waals surface area (Å²) in [6.45, 7) is 5.74.